The standard InChI is InChI=1S/C12H13N3O/c1-9-3-4-10(15-8-9)7-11(16)12-13-5-2-6-14-12/h2-6,8,11,16H,7H2,1H3. The number of aryl methyl sites for hydroxylation is 1. The van der Waals surface area contributed by atoms with Crippen molar-refractivity contribution in [2.45, 2.75) is 19.4 Å². The number of pyridine rings is 1. The highest BCUT2D eigenvalue weighted by molar-refractivity contribution is 5.13. The second-order valence-electron chi connectivity index (χ2n) is 3.65. The van der Waals surface area contributed by atoms with Crippen LogP contribution in [0.25, 0.3) is 0 Å². The highest BCUT2D eigenvalue weighted by Crippen LogP contribution is 2.12. The fourth-order valence-corrected chi connectivity index (χ4v) is 1.39. The van der Waals surface area contributed by atoms with Gasteiger partial charge < -0.3 is 5.11 Å². The topological polar surface area (TPSA) is 58.9 Å². The van der Waals surface area contributed by atoms with Crippen LogP contribution in [0.1, 0.15) is 23.2 Å². The number of nitrogens with zero attached hydrogens (tertiary/aromatic N) is 3. The van der Waals surface area contributed by atoms with Crippen molar-refractivity contribution in [1.29, 1.82) is 0 Å². The Hall–Kier alpha value is -1.81. The lowest BCUT2D eigenvalue weighted by Crippen LogP contribution is -2.07. The van der Waals surface area contributed by atoms with E-state index in [4.69, 9.17) is 0 Å². The monoisotopic (exact) mass is 215 g/mol. The number of aliphatic hydroxyl groups is 1. The molecular formula is C12H13N3O. The van der Waals surface area contributed by atoms with Crippen molar-refractivity contribution >= 4 is 0 Å². The number of rotatable bonds is 3. The van der Waals surface area contributed by atoms with Gasteiger partial charge in [-0.1, -0.05) is 6.07 Å². The minimum absolute atomic E-state index is 0.435. The van der Waals surface area contributed by atoms with Gasteiger partial charge in [-0.25, -0.2) is 9.97 Å². The van der Waals surface area contributed by atoms with Gasteiger partial charge in [0.1, 0.15) is 6.10 Å². The molecule has 0 amide bonds. The molecule has 0 saturated carbocycles. The van der Waals surface area contributed by atoms with E-state index >= 15 is 0 Å². The average Bonchev–Trinajstić information content (AvgIpc) is 2.33. The van der Waals surface area contributed by atoms with Gasteiger partial charge in [0.2, 0.25) is 0 Å². The van der Waals surface area contributed by atoms with Gasteiger partial charge in [-0.2, -0.15) is 0 Å². The van der Waals surface area contributed by atoms with Crippen molar-refractivity contribution in [2.75, 3.05) is 0 Å². The number of hydrogen-bond acceptors (Lipinski definition) is 4. The van der Waals surface area contributed by atoms with Gasteiger partial charge >= 0.3 is 0 Å². The van der Waals surface area contributed by atoms with Crippen LogP contribution in [0.3, 0.4) is 0 Å². The Morgan fingerprint density at radius 2 is 1.94 bits per heavy atom. The molecule has 2 rings (SSSR count). The summed E-state index contributed by atoms with van der Waals surface area (Å²) < 4.78 is 0. The van der Waals surface area contributed by atoms with Crippen LogP contribution >= 0.6 is 0 Å². The molecule has 0 radical (unpaired) electrons. The normalized spacial score (nSPS) is 12.4. The molecule has 16 heavy (non-hydrogen) atoms. The van der Waals surface area contributed by atoms with Gasteiger partial charge in [0.15, 0.2) is 5.82 Å². The Morgan fingerprint density at radius 3 is 2.56 bits per heavy atom. The smallest absolute Gasteiger partial charge is 0.157 e. The maximum Gasteiger partial charge on any atom is 0.157 e. The SMILES string of the molecule is Cc1ccc(CC(O)c2ncccn2)nc1. The molecule has 0 saturated heterocycles. The predicted molar refractivity (Wildman–Crippen MR) is 59.7 cm³/mol. The summed E-state index contributed by atoms with van der Waals surface area (Å²) in [5, 5.41) is 9.88. The van der Waals surface area contributed by atoms with Gasteiger partial charge in [-0.3, -0.25) is 4.98 Å². The summed E-state index contributed by atoms with van der Waals surface area (Å²) in [4.78, 5) is 12.2. The van der Waals surface area contributed by atoms with Crippen LogP contribution in [-0.2, 0) is 6.42 Å². The van der Waals surface area contributed by atoms with Crippen molar-refractivity contribution in [3.8, 4) is 0 Å². The Morgan fingerprint density at radius 1 is 1.19 bits per heavy atom. The molecule has 4 heteroatoms. The zero-order valence-corrected chi connectivity index (χ0v) is 9.04. The third-order valence-electron chi connectivity index (χ3n) is 2.26. The van der Waals surface area contributed by atoms with E-state index in [1.807, 2.05) is 19.1 Å². The molecule has 0 bridgehead atoms. The molecule has 1 unspecified atom stereocenters. The summed E-state index contributed by atoms with van der Waals surface area (Å²) in [6, 6.07) is 5.60. The average molecular weight is 215 g/mol. The molecule has 0 spiro atoms. The molecule has 0 aromatic carbocycles. The quantitative estimate of drug-likeness (QED) is 0.842. The summed E-state index contributed by atoms with van der Waals surface area (Å²) in [6.45, 7) is 1.98. The molecule has 2 heterocycles. The third-order valence-corrected chi connectivity index (χ3v) is 2.26. The fraction of sp³-hybridized carbons (Fsp3) is 0.250. The summed E-state index contributed by atoms with van der Waals surface area (Å²) in [5.41, 5.74) is 1.94. The molecule has 0 aliphatic heterocycles. The Balaban J connectivity index is 2.08. The maximum atomic E-state index is 9.88. The Kier molecular flexibility index (Phi) is 3.22. The molecular weight excluding hydrogens is 202 g/mol. The van der Waals surface area contributed by atoms with Crippen LogP contribution in [0.2, 0.25) is 0 Å². The predicted octanol–water partition coefficient (Wildman–Crippen LogP) is 1.46. The minimum atomic E-state index is -0.698. The summed E-state index contributed by atoms with van der Waals surface area (Å²) in [5.74, 6) is 0.435. The lowest BCUT2D eigenvalue weighted by Gasteiger charge is -2.08. The van der Waals surface area contributed by atoms with E-state index in [9.17, 15) is 5.11 Å². The molecule has 2 aromatic heterocycles. The number of hydrogen-bond donors (Lipinski definition) is 1. The third kappa shape index (κ3) is 2.61. The van der Waals surface area contributed by atoms with Crippen LogP contribution in [0.5, 0.6) is 0 Å². The highest BCUT2D eigenvalue weighted by atomic mass is 16.3. The van der Waals surface area contributed by atoms with E-state index in [2.05, 4.69) is 15.0 Å². The van der Waals surface area contributed by atoms with E-state index in [1.165, 1.54) is 0 Å². The van der Waals surface area contributed by atoms with E-state index in [0.29, 0.717) is 12.2 Å². The van der Waals surface area contributed by atoms with Crippen molar-refractivity contribution < 1.29 is 5.11 Å². The first-order chi connectivity index (χ1) is 7.75. The maximum absolute atomic E-state index is 9.88. The molecule has 82 valence electrons. The fourth-order valence-electron chi connectivity index (χ4n) is 1.39. The van der Waals surface area contributed by atoms with Crippen LogP contribution in [0.4, 0.5) is 0 Å². The minimum Gasteiger partial charge on any atom is -0.385 e. The van der Waals surface area contributed by atoms with Crippen LogP contribution in [0, 0.1) is 6.92 Å². The van der Waals surface area contributed by atoms with E-state index < -0.39 is 6.10 Å². The van der Waals surface area contributed by atoms with Gasteiger partial charge in [0.25, 0.3) is 0 Å². The second kappa shape index (κ2) is 4.81. The number of aromatic nitrogens is 3. The Bertz CT molecular complexity index is 442. The number of aliphatic hydroxyl groups excluding tert-OH is 1. The molecule has 1 atom stereocenters. The van der Waals surface area contributed by atoms with E-state index in [-0.39, 0.29) is 0 Å². The van der Waals surface area contributed by atoms with Gasteiger partial charge in [-0.05, 0) is 24.6 Å². The van der Waals surface area contributed by atoms with Crippen LogP contribution < -0.4 is 0 Å². The van der Waals surface area contributed by atoms with Crippen LogP contribution in [0.15, 0.2) is 36.8 Å². The molecule has 0 fully saturated rings. The molecule has 4 nitrogen and oxygen atoms in total. The summed E-state index contributed by atoms with van der Waals surface area (Å²) in [7, 11) is 0. The Labute approximate surface area is 94.0 Å². The summed E-state index contributed by atoms with van der Waals surface area (Å²) in [6.07, 6.45) is 4.76. The first kappa shape index (κ1) is 10.7. The first-order valence-corrected chi connectivity index (χ1v) is 5.12. The van der Waals surface area contributed by atoms with Crippen molar-refractivity contribution in [1.82, 2.24) is 15.0 Å². The van der Waals surface area contributed by atoms with Crippen molar-refractivity contribution in [3.63, 3.8) is 0 Å². The largest absolute Gasteiger partial charge is 0.385 e. The zero-order valence-electron chi connectivity index (χ0n) is 9.04. The van der Waals surface area contributed by atoms with Gasteiger partial charge in [0, 0.05) is 30.7 Å². The lowest BCUT2D eigenvalue weighted by molar-refractivity contribution is 0.167. The zero-order chi connectivity index (χ0) is 11.4. The van der Waals surface area contributed by atoms with Gasteiger partial charge in [-0.15, -0.1) is 0 Å². The van der Waals surface area contributed by atoms with Crippen LogP contribution in [-0.4, -0.2) is 20.1 Å². The second-order valence-corrected chi connectivity index (χ2v) is 3.65. The summed E-state index contributed by atoms with van der Waals surface area (Å²) >= 11 is 0. The molecule has 0 aliphatic carbocycles. The van der Waals surface area contributed by atoms with Crippen molar-refractivity contribution in [3.05, 3.63) is 53.9 Å². The lowest BCUT2D eigenvalue weighted by atomic mass is 10.1. The molecule has 2 aromatic rings. The van der Waals surface area contributed by atoms with E-state index in [1.54, 1.807) is 24.7 Å². The molecule has 0 aliphatic rings. The highest BCUT2D eigenvalue weighted by Gasteiger charge is 2.11. The van der Waals surface area contributed by atoms with Crippen molar-refractivity contribution in [2.24, 2.45) is 0 Å². The molecule has 1 N–H and O–H groups in total. The van der Waals surface area contributed by atoms with Gasteiger partial charge in [0.05, 0.1) is 0 Å². The van der Waals surface area contributed by atoms with E-state index in [0.717, 1.165) is 11.3 Å². The first-order valence-electron chi connectivity index (χ1n) is 5.12.